The Labute approximate surface area is 175 Å². The van der Waals surface area contributed by atoms with E-state index in [1.807, 2.05) is 19.1 Å². The number of aromatic amines is 1. The molecular weight excluding hydrogens is 396 g/mol. The monoisotopic (exact) mass is 414 g/mol. The molecule has 9 nitrogen and oxygen atoms in total. The molecule has 0 bridgehead atoms. The number of hydrogen-bond acceptors (Lipinski definition) is 6. The molecule has 0 atom stereocenters. The lowest BCUT2D eigenvalue weighted by molar-refractivity contribution is 0.412. The number of methoxy groups -OCH3 is 1. The van der Waals surface area contributed by atoms with Crippen molar-refractivity contribution in [2.75, 3.05) is 7.11 Å². The lowest BCUT2D eigenvalue weighted by Crippen LogP contribution is -2.21. The predicted molar refractivity (Wildman–Crippen MR) is 116 cm³/mol. The van der Waals surface area contributed by atoms with Crippen molar-refractivity contribution in [3.8, 4) is 17.4 Å². The van der Waals surface area contributed by atoms with Crippen LogP contribution in [-0.2, 0) is 6.42 Å². The Morgan fingerprint density at radius 2 is 1.61 bits per heavy atom. The van der Waals surface area contributed by atoms with Crippen molar-refractivity contribution in [3.63, 3.8) is 0 Å². The molecule has 0 saturated carbocycles. The van der Waals surface area contributed by atoms with Crippen LogP contribution in [0, 0.1) is 0 Å². The molecule has 0 unspecified atom stereocenters. The average molecular weight is 414 g/mol. The second-order valence-corrected chi connectivity index (χ2v) is 6.94. The fourth-order valence-corrected chi connectivity index (χ4v) is 3.55. The molecule has 0 radical (unpaired) electrons. The van der Waals surface area contributed by atoms with Crippen LogP contribution >= 0.6 is 0 Å². The molecule has 4 aromatic heterocycles. The van der Waals surface area contributed by atoms with E-state index >= 15 is 0 Å². The number of ether oxygens (including phenoxy) is 1. The molecule has 1 aromatic carbocycles. The predicted octanol–water partition coefficient (Wildman–Crippen LogP) is 2.38. The van der Waals surface area contributed by atoms with Crippen molar-refractivity contribution in [3.05, 3.63) is 81.4 Å². The van der Waals surface area contributed by atoms with Gasteiger partial charge in [0.05, 0.1) is 34.6 Å². The molecule has 154 valence electrons. The molecule has 1 N–H and O–H groups in total. The summed E-state index contributed by atoms with van der Waals surface area (Å²) >= 11 is 0. The Morgan fingerprint density at radius 1 is 0.935 bits per heavy atom. The number of nitrogens with zero attached hydrogens (tertiary/aromatic N) is 5. The van der Waals surface area contributed by atoms with Crippen LogP contribution < -0.4 is 15.9 Å². The van der Waals surface area contributed by atoms with Crippen molar-refractivity contribution >= 4 is 21.8 Å². The van der Waals surface area contributed by atoms with Gasteiger partial charge in [0, 0.05) is 18.8 Å². The summed E-state index contributed by atoms with van der Waals surface area (Å²) in [6.07, 6.45) is 3.91. The third kappa shape index (κ3) is 2.98. The SMILES string of the molecule is CCc1nc(-n2ccc3nc4ccn(-c5ccccc5OC)c(=O)c4cc3c2=O)n[nH]1. The Balaban J connectivity index is 1.75. The van der Waals surface area contributed by atoms with Crippen LogP contribution in [0.15, 0.2) is 64.4 Å². The second-order valence-electron chi connectivity index (χ2n) is 6.94. The highest BCUT2D eigenvalue weighted by Crippen LogP contribution is 2.22. The van der Waals surface area contributed by atoms with Crippen LogP contribution in [0.4, 0.5) is 0 Å². The molecular formula is C22H18N6O3. The largest absolute Gasteiger partial charge is 0.495 e. The fourth-order valence-electron chi connectivity index (χ4n) is 3.55. The number of rotatable bonds is 4. The first-order valence-electron chi connectivity index (χ1n) is 9.73. The Morgan fingerprint density at radius 3 is 2.29 bits per heavy atom. The first-order valence-corrected chi connectivity index (χ1v) is 9.73. The topological polar surface area (TPSA) is 108 Å². The van der Waals surface area contributed by atoms with Crippen LogP contribution in [-0.4, -0.2) is 36.4 Å². The Bertz CT molecular complexity index is 1560. The zero-order valence-corrected chi connectivity index (χ0v) is 16.9. The lowest BCUT2D eigenvalue weighted by Gasteiger charge is -2.11. The van der Waals surface area contributed by atoms with Crippen LogP contribution in [0.25, 0.3) is 33.4 Å². The van der Waals surface area contributed by atoms with Gasteiger partial charge in [-0.1, -0.05) is 19.1 Å². The number of benzene rings is 1. The van der Waals surface area contributed by atoms with Gasteiger partial charge in [0.15, 0.2) is 0 Å². The molecule has 4 heterocycles. The van der Waals surface area contributed by atoms with Gasteiger partial charge in [0.25, 0.3) is 17.1 Å². The molecule has 31 heavy (non-hydrogen) atoms. The number of pyridine rings is 3. The first-order chi connectivity index (χ1) is 15.1. The van der Waals surface area contributed by atoms with E-state index < -0.39 is 0 Å². The summed E-state index contributed by atoms with van der Waals surface area (Å²) in [5.74, 6) is 1.50. The minimum Gasteiger partial charge on any atom is -0.495 e. The number of fused-ring (bicyclic) bond motifs is 2. The van der Waals surface area contributed by atoms with Crippen molar-refractivity contribution in [1.82, 2.24) is 29.3 Å². The van der Waals surface area contributed by atoms with Gasteiger partial charge in [-0.2, -0.15) is 4.98 Å². The molecule has 0 aliphatic carbocycles. The number of para-hydroxylation sites is 2. The van der Waals surface area contributed by atoms with Crippen molar-refractivity contribution < 1.29 is 4.74 Å². The van der Waals surface area contributed by atoms with E-state index in [0.29, 0.717) is 45.5 Å². The highest BCUT2D eigenvalue weighted by molar-refractivity contribution is 5.91. The molecule has 0 fully saturated rings. The summed E-state index contributed by atoms with van der Waals surface area (Å²) in [5.41, 5.74) is 0.967. The van der Waals surface area contributed by atoms with E-state index in [0.717, 1.165) is 0 Å². The Kier molecular flexibility index (Phi) is 4.36. The fraction of sp³-hybridized carbons (Fsp3) is 0.136. The number of H-pyrrole nitrogens is 1. The van der Waals surface area contributed by atoms with Crippen LogP contribution in [0.1, 0.15) is 12.7 Å². The van der Waals surface area contributed by atoms with E-state index in [2.05, 4.69) is 20.2 Å². The molecule has 5 rings (SSSR count). The summed E-state index contributed by atoms with van der Waals surface area (Å²) in [7, 11) is 1.55. The number of aryl methyl sites for hydroxylation is 1. The summed E-state index contributed by atoms with van der Waals surface area (Å²) in [6.45, 7) is 1.94. The van der Waals surface area contributed by atoms with Crippen molar-refractivity contribution in [1.29, 1.82) is 0 Å². The van der Waals surface area contributed by atoms with E-state index in [1.54, 1.807) is 49.8 Å². The van der Waals surface area contributed by atoms with Gasteiger partial charge in [-0.05, 0) is 30.3 Å². The van der Waals surface area contributed by atoms with Gasteiger partial charge < -0.3 is 4.74 Å². The molecule has 0 aliphatic heterocycles. The maximum atomic E-state index is 13.3. The highest BCUT2D eigenvalue weighted by atomic mass is 16.5. The van der Waals surface area contributed by atoms with Gasteiger partial charge in [0.1, 0.15) is 11.6 Å². The van der Waals surface area contributed by atoms with Gasteiger partial charge in [-0.15, -0.1) is 5.10 Å². The maximum Gasteiger partial charge on any atom is 0.267 e. The second kappa shape index (κ2) is 7.21. The van der Waals surface area contributed by atoms with Crippen LogP contribution in [0.2, 0.25) is 0 Å². The molecule has 0 aliphatic rings. The van der Waals surface area contributed by atoms with E-state index in [-0.39, 0.29) is 17.1 Å². The van der Waals surface area contributed by atoms with Crippen molar-refractivity contribution in [2.45, 2.75) is 13.3 Å². The third-order valence-corrected chi connectivity index (χ3v) is 5.16. The third-order valence-electron chi connectivity index (χ3n) is 5.16. The zero-order valence-electron chi connectivity index (χ0n) is 16.9. The zero-order chi connectivity index (χ0) is 21.5. The molecule has 0 saturated heterocycles. The normalized spacial score (nSPS) is 11.3. The van der Waals surface area contributed by atoms with Crippen LogP contribution in [0.3, 0.4) is 0 Å². The smallest absolute Gasteiger partial charge is 0.267 e. The standard InChI is InChI=1S/C22H18N6O3/c1-3-19-24-22(26-25-19)28-11-9-16-14(21(28)30)12-13-15(23-16)8-10-27(20(13)29)17-6-4-5-7-18(17)31-2/h4-12H,3H2,1-2H3,(H,24,25,26). The summed E-state index contributed by atoms with van der Waals surface area (Å²) in [5, 5.41) is 7.55. The summed E-state index contributed by atoms with van der Waals surface area (Å²) < 4.78 is 8.21. The van der Waals surface area contributed by atoms with Gasteiger partial charge in [-0.3, -0.25) is 19.3 Å². The van der Waals surface area contributed by atoms with E-state index in [4.69, 9.17) is 4.74 Å². The lowest BCUT2D eigenvalue weighted by atomic mass is 10.2. The minimum absolute atomic E-state index is 0.253. The van der Waals surface area contributed by atoms with Gasteiger partial charge in [-0.25, -0.2) is 9.55 Å². The van der Waals surface area contributed by atoms with Gasteiger partial charge in [0.2, 0.25) is 0 Å². The van der Waals surface area contributed by atoms with Crippen LogP contribution in [0.5, 0.6) is 5.75 Å². The maximum absolute atomic E-state index is 13.3. The summed E-state index contributed by atoms with van der Waals surface area (Å²) in [6, 6.07) is 12.3. The molecule has 0 spiro atoms. The quantitative estimate of drug-likeness (QED) is 0.453. The molecule has 0 amide bonds. The first kappa shape index (κ1) is 18.7. The number of hydrogen-bond donors (Lipinski definition) is 1. The van der Waals surface area contributed by atoms with E-state index in [9.17, 15) is 9.59 Å². The van der Waals surface area contributed by atoms with E-state index in [1.165, 1.54) is 9.13 Å². The molecule has 9 heteroatoms. The highest BCUT2D eigenvalue weighted by Gasteiger charge is 2.14. The molecule has 5 aromatic rings. The minimum atomic E-state index is -0.347. The van der Waals surface area contributed by atoms with Gasteiger partial charge >= 0.3 is 0 Å². The number of nitrogens with one attached hydrogen (secondary N) is 1. The Hall–Kier alpha value is -4.27. The number of aromatic nitrogens is 6. The average Bonchev–Trinajstić information content (AvgIpc) is 3.28. The van der Waals surface area contributed by atoms with Crippen molar-refractivity contribution in [2.24, 2.45) is 0 Å². The summed E-state index contributed by atoms with van der Waals surface area (Å²) in [4.78, 5) is 35.3.